The molecule has 1 aromatic carbocycles. The summed E-state index contributed by atoms with van der Waals surface area (Å²) in [6.07, 6.45) is 0. The zero-order valence-corrected chi connectivity index (χ0v) is 15.2. The number of hydrogen-bond donors (Lipinski definition) is 0. The first kappa shape index (κ1) is 17.8. The highest BCUT2D eigenvalue weighted by Crippen LogP contribution is 2.30. The Bertz CT molecular complexity index is 893. The molecule has 25 heavy (non-hydrogen) atoms. The number of carbonyl (C=O) groups excluding carboxylic acids is 1. The summed E-state index contributed by atoms with van der Waals surface area (Å²) < 4.78 is 28.8. The maximum atomic E-state index is 13.8. The SMILES string of the molecule is CCn1c(SC(C)C(=O)c2ccc(F)cc2F)nnc1-c1cccs1. The largest absolute Gasteiger partial charge is 0.302 e. The van der Waals surface area contributed by atoms with Gasteiger partial charge in [0.05, 0.1) is 15.7 Å². The van der Waals surface area contributed by atoms with Crippen molar-refractivity contribution in [1.29, 1.82) is 0 Å². The lowest BCUT2D eigenvalue weighted by Gasteiger charge is -2.12. The monoisotopic (exact) mass is 379 g/mol. The molecular weight excluding hydrogens is 364 g/mol. The maximum absolute atomic E-state index is 13.8. The van der Waals surface area contributed by atoms with Crippen LogP contribution in [0.15, 0.2) is 40.9 Å². The second-order valence-corrected chi connectivity index (χ2v) is 7.53. The average Bonchev–Trinajstić information content (AvgIpc) is 3.23. The quantitative estimate of drug-likeness (QED) is 0.461. The Morgan fingerprint density at radius 2 is 2.12 bits per heavy atom. The molecule has 130 valence electrons. The summed E-state index contributed by atoms with van der Waals surface area (Å²) in [6, 6.07) is 6.86. The number of Topliss-reactive ketones (excluding diaryl/α,β-unsaturated/α-hetero) is 1. The number of thiophene rings is 1. The van der Waals surface area contributed by atoms with Crippen LogP contribution >= 0.6 is 23.1 Å². The van der Waals surface area contributed by atoms with Gasteiger partial charge in [0, 0.05) is 12.6 Å². The molecule has 2 heterocycles. The van der Waals surface area contributed by atoms with Gasteiger partial charge in [0.1, 0.15) is 11.6 Å². The van der Waals surface area contributed by atoms with Gasteiger partial charge >= 0.3 is 0 Å². The van der Waals surface area contributed by atoms with E-state index in [1.165, 1.54) is 17.8 Å². The van der Waals surface area contributed by atoms with Gasteiger partial charge in [0.15, 0.2) is 16.8 Å². The van der Waals surface area contributed by atoms with Crippen LogP contribution in [0, 0.1) is 11.6 Å². The third-order valence-corrected chi connectivity index (χ3v) is 5.57. The summed E-state index contributed by atoms with van der Waals surface area (Å²) in [5, 5.41) is 10.4. The first-order chi connectivity index (χ1) is 12.0. The highest BCUT2D eigenvalue weighted by Gasteiger charge is 2.23. The molecule has 0 aliphatic rings. The van der Waals surface area contributed by atoms with Crippen LogP contribution in [0.25, 0.3) is 10.7 Å². The molecule has 3 aromatic rings. The van der Waals surface area contributed by atoms with Crippen molar-refractivity contribution in [3.8, 4) is 10.7 Å². The molecule has 1 atom stereocenters. The van der Waals surface area contributed by atoms with Crippen molar-refractivity contribution in [2.75, 3.05) is 0 Å². The van der Waals surface area contributed by atoms with Crippen LogP contribution in [0.1, 0.15) is 24.2 Å². The predicted octanol–water partition coefficient (Wildman–Crippen LogP) is 4.67. The standard InChI is InChI=1S/C17H15F2N3OS2/c1-3-22-16(14-5-4-8-24-14)20-21-17(22)25-10(2)15(23)12-7-6-11(18)9-13(12)19/h4-10H,3H2,1-2H3. The van der Waals surface area contributed by atoms with Gasteiger partial charge in [-0.15, -0.1) is 21.5 Å². The van der Waals surface area contributed by atoms with Crippen molar-refractivity contribution >= 4 is 28.9 Å². The van der Waals surface area contributed by atoms with E-state index < -0.39 is 22.7 Å². The Morgan fingerprint density at radius 1 is 1.32 bits per heavy atom. The zero-order chi connectivity index (χ0) is 18.0. The average molecular weight is 379 g/mol. The van der Waals surface area contributed by atoms with Crippen molar-refractivity contribution in [3.63, 3.8) is 0 Å². The fourth-order valence-corrected chi connectivity index (χ4v) is 4.07. The predicted molar refractivity (Wildman–Crippen MR) is 95.0 cm³/mol. The minimum absolute atomic E-state index is 0.123. The van der Waals surface area contributed by atoms with E-state index in [-0.39, 0.29) is 5.56 Å². The van der Waals surface area contributed by atoms with Crippen LogP contribution in [-0.2, 0) is 6.54 Å². The molecule has 4 nitrogen and oxygen atoms in total. The Morgan fingerprint density at radius 3 is 2.76 bits per heavy atom. The normalized spacial score (nSPS) is 12.3. The van der Waals surface area contributed by atoms with Crippen LogP contribution in [0.4, 0.5) is 8.78 Å². The molecule has 0 aliphatic heterocycles. The van der Waals surface area contributed by atoms with E-state index >= 15 is 0 Å². The highest BCUT2D eigenvalue weighted by molar-refractivity contribution is 8.00. The fourth-order valence-electron chi connectivity index (χ4n) is 2.37. The van der Waals surface area contributed by atoms with E-state index in [1.807, 2.05) is 29.0 Å². The van der Waals surface area contributed by atoms with Crippen molar-refractivity contribution in [2.24, 2.45) is 0 Å². The maximum Gasteiger partial charge on any atom is 0.192 e. The third kappa shape index (κ3) is 3.64. The third-order valence-electron chi connectivity index (χ3n) is 3.62. The summed E-state index contributed by atoms with van der Waals surface area (Å²) in [5.41, 5.74) is -0.123. The van der Waals surface area contributed by atoms with Crippen molar-refractivity contribution in [1.82, 2.24) is 14.8 Å². The molecule has 0 N–H and O–H groups in total. The van der Waals surface area contributed by atoms with Crippen LogP contribution in [0.2, 0.25) is 0 Å². The van der Waals surface area contributed by atoms with Gasteiger partial charge in [-0.05, 0) is 37.4 Å². The molecule has 0 bridgehead atoms. The number of carbonyl (C=O) groups is 1. The van der Waals surface area contributed by atoms with E-state index in [1.54, 1.807) is 18.3 Å². The van der Waals surface area contributed by atoms with Crippen molar-refractivity contribution in [3.05, 3.63) is 52.9 Å². The van der Waals surface area contributed by atoms with Gasteiger partial charge in [-0.2, -0.15) is 0 Å². The number of aromatic nitrogens is 3. The number of hydrogen-bond acceptors (Lipinski definition) is 5. The number of halogens is 2. The molecule has 0 saturated carbocycles. The zero-order valence-electron chi connectivity index (χ0n) is 13.6. The Kier molecular flexibility index (Phi) is 5.29. The summed E-state index contributed by atoms with van der Waals surface area (Å²) in [5.74, 6) is -1.23. The Labute approximate surface area is 151 Å². The van der Waals surface area contributed by atoms with Gasteiger partial charge in [-0.25, -0.2) is 8.78 Å². The summed E-state index contributed by atoms with van der Waals surface area (Å²) in [6.45, 7) is 4.29. The lowest BCUT2D eigenvalue weighted by atomic mass is 10.1. The van der Waals surface area contributed by atoms with Crippen LogP contribution < -0.4 is 0 Å². The van der Waals surface area contributed by atoms with E-state index in [2.05, 4.69) is 10.2 Å². The molecule has 0 spiro atoms. The Balaban J connectivity index is 1.83. The molecule has 0 aliphatic carbocycles. The van der Waals surface area contributed by atoms with E-state index in [0.29, 0.717) is 17.8 Å². The van der Waals surface area contributed by atoms with Crippen molar-refractivity contribution < 1.29 is 13.6 Å². The minimum Gasteiger partial charge on any atom is -0.302 e. The molecular formula is C17H15F2N3OS2. The molecule has 0 radical (unpaired) electrons. The van der Waals surface area contributed by atoms with Crippen molar-refractivity contribution in [2.45, 2.75) is 30.8 Å². The van der Waals surface area contributed by atoms with Gasteiger partial charge in [-0.3, -0.25) is 4.79 Å². The topological polar surface area (TPSA) is 47.8 Å². The smallest absolute Gasteiger partial charge is 0.192 e. The second kappa shape index (κ2) is 7.45. The second-order valence-electron chi connectivity index (χ2n) is 5.28. The summed E-state index contributed by atoms with van der Waals surface area (Å²) in [4.78, 5) is 13.5. The first-order valence-electron chi connectivity index (χ1n) is 7.64. The summed E-state index contributed by atoms with van der Waals surface area (Å²) in [7, 11) is 0. The summed E-state index contributed by atoms with van der Waals surface area (Å²) >= 11 is 2.77. The van der Waals surface area contributed by atoms with Gasteiger partial charge in [0.2, 0.25) is 0 Å². The van der Waals surface area contributed by atoms with Crippen LogP contribution in [0.3, 0.4) is 0 Å². The van der Waals surface area contributed by atoms with Gasteiger partial charge < -0.3 is 4.57 Å². The van der Waals surface area contributed by atoms with Crippen LogP contribution in [-0.4, -0.2) is 25.8 Å². The van der Waals surface area contributed by atoms with E-state index in [4.69, 9.17) is 0 Å². The van der Waals surface area contributed by atoms with E-state index in [0.717, 1.165) is 16.8 Å². The molecule has 3 rings (SSSR count). The number of ketones is 1. The minimum atomic E-state index is -0.853. The molecule has 0 amide bonds. The molecule has 8 heteroatoms. The molecule has 2 aromatic heterocycles. The first-order valence-corrected chi connectivity index (χ1v) is 9.40. The lowest BCUT2D eigenvalue weighted by Crippen LogP contribution is -2.16. The van der Waals surface area contributed by atoms with Gasteiger partial charge in [-0.1, -0.05) is 17.8 Å². The van der Waals surface area contributed by atoms with E-state index in [9.17, 15) is 13.6 Å². The number of rotatable bonds is 6. The van der Waals surface area contributed by atoms with Crippen LogP contribution in [0.5, 0.6) is 0 Å². The van der Waals surface area contributed by atoms with Gasteiger partial charge in [0.25, 0.3) is 0 Å². The number of nitrogens with zero attached hydrogens (tertiary/aromatic N) is 3. The molecule has 1 unspecified atom stereocenters. The number of thioether (sulfide) groups is 1. The fraction of sp³-hybridized carbons (Fsp3) is 0.235. The molecule has 0 saturated heterocycles. The highest BCUT2D eigenvalue weighted by atomic mass is 32.2. The molecule has 0 fully saturated rings. The lowest BCUT2D eigenvalue weighted by molar-refractivity contribution is 0.0990. The number of benzene rings is 1. The Hall–Kier alpha value is -2.06.